The van der Waals surface area contributed by atoms with Gasteiger partial charge < -0.3 is 0 Å². The average molecular weight is 1540 g/mol. The van der Waals surface area contributed by atoms with E-state index in [1.54, 1.807) is 0 Å². The number of hydrogen-bond donors (Lipinski definition) is 0. The first kappa shape index (κ1) is 67.9. The monoisotopic (exact) mass is 1540 g/mol. The Kier molecular flexibility index (Phi) is 23.1. The molecule has 11 heteroatoms. The summed E-state index contributed by atoms with van der Waals surface area (Å²) in [7, 11) is 0. The van der Waals surface area contributed by atoms with Gasteiger partial charge in [0.15, 0.2) is 5.82 Å². The average Bonchev–Trinajstić information content (AvgIpc) is 1.91. The zero-order chi connectivity index (χ0) is 62.2. The summed E-state index contributed by atoms with van der Waals surface area (Å²) in [5.41, 5.74) is 19.0. The van der Waals surface area contributed by atoms with Crippen molar-refractivity contribution < 1.29 is 40.2 Å². The van der Waals surface area contributed by atoms with Crippen molar-refractivity contribution >= 4 is 10.8 Å². The maximum atomic E-state index is 4.83. The van der Waals surface area contributed by atoms with Crippen LogP contribution in [0.25, 0.3) is 89.7 Å². The van der Waals surface area contributed by atoms with Crippen LogP contribution in [0, 0.1) is 39.8 Å². The Morgan fingerprint density at radius 2 is 0.933 bits per heavy atom. The quantitative estimate of drug-likeness (QED) is 0.0950. The second kappa shape index (κ2) is 30.6. The zero-order valence-electron chi connectivity index (χ0n) is 54.5. The molecule has 0 aliphatic carbocycles. The fourth-order valence-corrected chi connectivity index (χ4v) is 11.6. The van der Waals surface area contributed by atoms with Crippen molar-refractivity contribution in [3.63, 3.8) is 0 Å². The van der Waals surface area contributed by atoms with Gasteiger partial charge in [-0.05, 0) is 161 Å². The van der Waals surface area contributed by atoms with Gasteiger partial charge in [-0.2, -0.15) is 15.3 Å². The molecule has 9 aromatic carbocycles. The van der Waals surface area contributed by atoms with Crippen LogP contribution in [0.4, 0.5) is 0 Å². The van der Waals surface area contributed by atoms with Crippen LogP contribution in [0.3, 0.4) is 0 Å². The Morgan fingerprint density at radius 3 is 1.54 bits per heavy atom. The summed E-state index contributed by atoms with van der Waals surface area (Å²) in [6.07, 6.45) is 2.21. The van der Waals surface area contributed by atoms with Crippen molar-refractivity contribution in [2.75, 3.05) is 0 Å². The third-order valence-electron chi connectivity index (χ3n) is 16.2. The molecule has 1 atom stereocenters. The molecule has 0 saturated carbocycles. The van der Waals surface area contributed by atoms with E-state index >= 15 is 0 Å². The molecule has 464 valence electrons. The van der Waals surface area contributed by atoms with Gasteiger partial charge >= 0.3 is 0 Å². The Hall–Kier alpha value is -8.04. The van der Waals surface area contributed by atoms with Gasteiger partial charge in [-0.25, -0.2) is 9.67 Å². The van der Waals surface area contributed by atoms with E-state index < -0.39 is 0 Å². The Labute approximate surface area is 561 Å². The summed E-state index contributed by atoms with van der Waals surface area (Å²) >= 11 is 0. The summed E-state index contributed by atoms with van der Waals surface area (Å²) in [5.74, 6) is 6.54. The second-order valence-corrected chi connectivity index (χ2v) is 24.4. The van der Waals surface area contributed by atoms with E-state index in [4.69, 9.17) is 20.2 Å². The molecule has 0 aliphatic heterocycles. The molecular weight excluding hydrogens is 1460 g/mol. The van der Waals surface area contributed by atoms with Crippen molar-refractivity contribution in [2.24, 2.45) is 0 Å². The van der Waals surface area contributed by atoms with Crippen LogP contribution in [-0.4, -0.2) is 44.3 Å². The van der Waals surface area contributed by atoms with Gasteiger partial charge in [-0.1, -0.05) is 190 Å². The fraction of sp³-hybridized carbons (Fsp3) is 0.266. The van der Waals surface area contributed by atoms with Crippen LogP contribution in [0.1, 0.15) is 157 Å². The molecule has 0 aliphatic rings. The van der Waals surface area contributed by atoms with E-state index in [1.807, 2.05) is 60.5 Å². The molecule has 0 spiro atoms. The molecule has 90 heavy (non-hydrogen) atoms. The molecule has 0 N–H and O–H groups in total. The van der Waals surface area contributed by atoms with Gasteiger partial charge in [0.2, 0.25) is 0 Å². The third kappa shape index (κ3) is 15.6. The number of benzene rings is 9. The SMILES string of the molecule is CCCC(C)n1nc(C)nc1-c1[c-]ccc(-c2ccc3ccccc3c2)c1.Cc1nc(-c2[c-]cccc2)n(-c2c(C(C)C)cc(-c3ccccc3)cc2C(C)C)n1.Cc1nc(-c2ccc(C(C)C)cc2C)n(-c2ccc(-c3ccccc3)cc2C(C)C)n1.[Ir].[Ir]. The molecule has 12 aromatic rings. The minimum Gasteiger partial charge on any atom is -0.283 e. The molecule has 12 rings (SSSR count). The summed E-state index contributed by atoms with van der Waals surface area (Å²) in [6.45, 7) is 30.3. The summed E-state index contributed by atoms with van der Waals surface area (Å²) < 4.78 is 6.10. The van der Waals surface area contributed by atoms with Crippen molar-refractivity contribution in [1.82, 2.24) is 44.3 Å². The first-order valence-corrected chi connectivity index (χ1v) is 31.3. The molecule has 1 unspecified atom stereocenters. The third-order valence-corrected chi connectivity index (χ3v) is 16.2. The smallest absolute Gasteiger partial charge is 0.163 e. The van der Waals surface area contributed by atoms with Gasteiger partial charge in [0.1, 0.15) is 17.5 Å². The van der Waals surface area contributed by atoms with Gasteiger partial charge in [0.05, 0.1) is 23.0 Å². The maximum Gasteiger partial charge on any atom is 0.163 e. The molecule has 0 amide bonds. The van der Waals surface area contributed by atoms with E-state index in [0.717, 1.165) is 75.9 Å². The second-order valence-electron chi connectivity index (χ2n) is 24.4. The zero-order valence-corrected chi connectivity index (χ0v) is 59.3. The number of rotatable bonds is 15. The summed E-state index contributed by atoms with van der Waals surface area (Å²) in [6, 6.07) is 75.4. The normalized spacial score (nSPS) is 11.5. The van der Waals surface area contributed by atoms with Crippen molar-refractivity contribution in [2.45, 2.75) is 139 Å². The van der Waals surface area contributed by atoms with Crippen LogP contribution in [0.5, 0.6) is 0 Å². The van der Waals surface area contributed by atoms with E-state index in [9.17, 15) is 0 Å². The molecule has 0 bridgehead atoms. The first-order valence-electron chi connectivity index (χ1n) is 31.3. The predicted octanol–water partition coefficient (Wildman–Crippen LogP) is 20.7. The molecule has 2 radical (unpaired) electrons. The molecule has 0 saturated heterocycles. The molecule has 3 aromatic heterocycles. The molecule has 0 fully saturated rings. The minimum atomic E-state index is 0. The van der Waals surface area contributed by atoms with Crippen molar-refractivity contribution in [1.29, 1.82) is 0 Å². The fourth-order valence-electron chi connectivity index (χ4n) is 11.6. The maximum absolute atomic E-state index is 4.83. The van der Waals surface area contributed by atoms with E-state index in [0.29, 0.717) is 29.7 Å². The van der Waals surface area contributed by atoms with E-state index in [2.05, 4.69) is 267 Å². The van der Waals surface area contributed by atoms with Crippen LogP contribution < -0.4 is 0 Å². The standard InChI is InChI=1S/C28H31N3.C27H28N3.C24H24N3.2Ir/c1-18(2)23-12-14-25(20(5)16-23)28-29-21(6)30-31(28)27-15-13-24(17-26(27)19(3)4)22-10-8-7-9-11-22;1-18(2)24-16-23(21-12-8-6-9-13-21)17-25(19(3)4)26(24)30-27(28-20(5)29-30)22-14-10-7-11-15-22;1-4-8-17(2)27-24(25-18(3)26-27)23-12-7-11-21(16-23)22-14-13-19-9-5-6-10-20(19)15-22;;/h7-19H,1-6H3;6-14,16-19H,1-5H3;5-7,9-11,13-17H,4,8H2,1-3H3;;/q;2*-1;;. The Bertz CT molecular complexity index is 4280. The molecular formula is C79H83Ir2N9-2. The van der Waals surface area contributed by atoms with Crippen molar-refractivity contribution in [3.8, 4) is 78.9 Å². The van der Waals surface area contributed by atoms with E-state index in [-0.39, 0.29) is 40.2 Å². The van der Waals surface area contributed by atoms with Crippen LogP contribution in [0.2, 0.25) is 0 Å². The number of hydrogen-bond acceptors (Lipinski definition) is 6. The number of aryl methyl sites for hydroxylation is 4. The van der Waals surface area contributed by atoms with Crippen LogP contribution in [0.15, 0.2) is 194 Å². The first-order chi connectivity index (χ1) is 42.5. The number of nitrogens with zero attached hydrogens (tertiary/aromatic N) is 9. The van der Waals surface area contributed by atoms with Gasteiger partial charge in [0, 0.05) is 51.8 Å². The van der Waals surface area contributed by atoms with Crippen LogP contribution >= 0.6 is 0 Å². The Balaban J connectivity index is 0.000000173. The van der Waals surface area contributed by atoms with Gasteiger partial charge in [-0.15, -0.1) is 71.3 Å². The topological polar surface area (TPSA) is 92.1 Å². The van der Waals surface area contributed by atoms with Gasteiger partial charge in [-0.3, -0.25) is 19.3 Å². The van der Waals surface area contributed by atoms with Crippen LogP contribution in [-0.2, 0) is 40.2 Å². The Morgan fingerprint density at radius 1 is 0.400 bits per heavy atom. The number of aromatic nitrogens is 9. The summed E-state index contributed by atoms with van der Waals surface area (Å²) in [5, 5.41) is 16.8. The number of fused-ring (bicyclic) bond motifs is 1. The molecule has 9 nitrogen and oxygen atoms in total. The minimum absolute atomic E-state index is 0. The predicted molar refractivity (Wildman–Crippen MR) is 365 cm³/mol. The molecule has 3 heterocycles. The largest absolute Gasteiger partial charge is 0.283 e. The van der Waals surface area contributed by atoms with Gasteiger partial charge in [0.25, 0.3) is 0 Å². The van der Waals surface area contributed by atoms with Crippen molar-refractivity contribution in [3.05, 3.63) is 252 Å². The van der Waals surface area contributed by atoms with E-state index in [1.165, 1.54) is 72.0 Å². The summed E-state index contributed by atoms with van der Waals surface area (Å²) in [4.78, 5) is 14.3.